The van der Waals surface area contributed by atoms with Gasteiger partial charge in [0.15, 0.2) is 0 Å². The van der Waals surface area contributed by atoms with Gasteiger partial charge in [0.25, 0.3) is 0 Å². The largest absolute Gasteiger partial charge is 0.416 e. The van der Waals surface area contributed by atoms with Crippen LogP contribution < -0.4 is 15.5 Å². The molecule has 2 amide bonds. The maximum atomic E-state index is 13.3. The third-order valence-corrected chi connectivity index (χ3v) is 5.97. The van der Waals surface area contributed by atoms with Crippen molar-refractivity contribution in [1.82, 2.24) is 15.1 Å². The fourth-order valence-electron chi connectivity index (χ4n) is 4.44. The maximum Gasteiger partial charge on any atom is 0.416 e. The van der Waals surface area contributed by atoms with Gasteiger partial charge in [-0.3, -0.25) is 19.4 Å². The minimum atomic E-state index is -4.48. The SMILES string of the molecule is CC(C)(C)NC(=O)CN1CCCN(CC(=O)Nc2cc(C(F)(F)F)ccc2N2CCCC2)CC1. The molecule has 2 saturated heterocycles. The lowest BCUT2D eigenvalue weighted by Gasteiger charge is -2.25. The van der Waals surface area contributed by atoms with Gasteiger partial charge in [-0.05, 0) is 71.3 Å². The summed E-state index contributed by atoms with van der Waals surface area (Å²) in [4.78, 5) is 31.1. The summed E-state index contributed by atoms with van der Waals surface area (Å²) < 4.78 is 39.8. The van der Waals surface area contributed by atoms with Crippen LogP contribution in [0.2, 0.25) is 0 Å². The number of nitrogens with zero attached hydrogens (tertiary/aromatic N) is 3. The molecule has 2 aliphatic heterocycles. The van der Waals surface area contributed by atoms with E-state index >= 15 is 0 Å². The first kappa shape index (κ1) is 26.3. The molecule has 34 heavy (non-hydrogen) atoms. The molecule has 2 aliphatic rings. The molecule has 0 aliphatic carbocycles. The Kier molecular flexibility index (Phi) is 8.46. The van der Waals surface area contributed by atoms with Crippen LogP contribution in [0.25, 0.3) is 0 Å². The van der Waals surface area contributed by atoms with Crippen molar-refractivity contribution < 1.29 is 22.8 Å². The molecular weight excluding hydrogens is 447 g/mol. The minimum Gasteiger partial charge on any atom is -0.370 e. The second-order valence-corrected chi connectivity index (χ2v) is 10.2. The first-order chi connectivity index (χ1) is 15.9. The van der Waals surface area contributed by atoms with Gasteiger partial charge >= 0.3 is 6.18 Å². The van der Waals surface area contributed by atoms with E-state index in [-0.39, 0.29) is 29.6 Å². The molecule has 1 aromatic carbocycles. The number of nitrogens with one attached hydrogen (secondary N) is 2. The molecule has 3 rings (SSSR count). The number of hydrogen-bond acceptors (Lipinski definition) is 5. The highest BCUT2D eigenvalue weighted by Gasteiger charge is 2.32. The molecule has 2 N–H and O–H groups in total. The molecule has 190 valence electrons. The molecule has 2 fully saturated rings. The van der Waals surface area contributed by atoms with Crippen molar-refractivity contribution in [3.8, 4) is 0 Å². The molecule has 7 nitrogen and oxygen atoms in total. The summed E-state index contributed by atoms with van der Waals surface area (Å²) in [5.74, 6) is -0.364. The minimum absolute atomic E-state index is 0.0299. The molecular formula is C24H36F3N5O2. The Balaban J connectivity index is 1.59. The van der Waals surface area contributed by atoms with Gasteiger partial charge in [-0.15, -0.1) is 0 Å². The number of alkyl halides is 3. The van der Waals surface area contributed by atoms with Crippen molar-refractivity contribution in [2.75, 3.05) is 62.6 Å². The number of hydrogen-bond donors (Lipinski definition) is 2. The number of carbonyl (C=O) groups is 2. The van der Waals surface area contributed by atoms with E-state index in [0.29, 0.717) is 31.9 Å². The number of benzene rings is 1. The van der Waals surface area contributed by atoms with Gasteiger partial charge in [0.2, 0.25) is 11.8 Å². The lowest BCUT2D eigenvalue weighted by Crippen LogP contribution is -2.46. The van der Waals surface area contributed by atoms with Crippen molar-refractivity contribution in [2.24, 2.45) is 0 Å². The van der Waals surface area contributed by atoms with Gasteiger partial charge in [-0.1, -0.05) is 0 Å². The Labute approximate surface area is 199 Å². The van der Waals surface area contributed by atoms with E-state index in [1.54, 1.807) is 0 Å². The monoisotopic (exact) mass is 483 g/mol. The summed E-state index contributed by atoms with van der Waals surface area (Å²) in [5, 5.41) is 5.70. The predicted molar refractivity (Wildman–Crippen MR) is 127 cm³/mol. The number of carbonyl (C=O) groups excluding carboxylic acids is 2. The van der Waals surface area contributed by atoms with Crippen LogP contribution in [0.3, 0.4) is 0 Å². The van der Waals surface area contributed by atoms with Crippen LogP contribution in [0.4, 0.5) is 24.5 Å². The summed E-state index contributed by atoms with van der Waals surface area (Å²) >= 11 is 0. The number of halogens is 3. The highest BCUT2D eigenvalue weighted by atomic mass is 19.4. The van der Waals surface area contributed by atoms with Crippen LogP contribution in [0.15, 0.2) is 18.2 Å². The van der Waals surface area contributed by atoms with Gasteiger partial charge in [0.05, 0.1) is 30.0 Å². The topological polar surface area (TPSA) is 67.9 Å². The summed E-state index contributed by atoms with van der Waals surface area (Å²) in [6, 6.07) is 3.56. The zero-order valence-electron chi connectivity index (χ0n) is 20.3. The molecule has 2 heterocycles. The van der Waals surface area contributed by atoms with Crippen molar-refractivity contribution in [3.63, 3.8) is 0 Å². The second-order valence-electron chi connectivity index (χ2n) is 10.2. The maximum absolute atomic E-state index is 13.3. The van der Waals surface area contributed by atoms with Gasteiger partial charge < -0.3 is 15.5 Å². The molecule has 0 aromatic heterocycles. The van der Waals surface area contributed by atoms with E-state index in [4.69, 9.17) is 0 Å². The fraction of sp³-hybridized carbons (Fsp3) is 0.667. The average molecular weight is 484 g/mol. The molecule has 10 heteroatoms. The molecule has 0 unspecified atom stereocenters. The Morgan fingerprint density at radius 2 is 1.44 bits per heavy atom. The standard InChI is InChI=1S/C24H36F3N5O2/c1-23(2,3)29-22(34)17-31-10-6-9-30(13-14-31)16-21(33)28-19-15-18(24(25,26)27)7-8-20(19)32-11-4-5-12-32/h7-8,15H,4-6,9-14,16-17H2,1-3H3,(H,28,33)(H,29,34). The number of anilines is 2. The molecule has 0 radical (unpaired) electrons. The Hall–Kier alpha value is -2.33. The van der Waals surface area contributed by atoms with Crippen LogP contribution in [-0.4, -0.2) is 79.5 Å². The zero-order valence-corrected chi connectivity index (χ0v) is 20.3. The van der Waals surface area contributed by atoms with Crippen LogP contribution in [0.5, 0.6) is 0 Å². The highest BCUT2D eigenvalue weighted by molar-refractivity contribution is 5.96. The average Bonchev–Trinajstić information content (AvgIpc) is 3.15. The van der Waals surface area contributed by atoms with Crippen LogP contribution in [0, 0.1) is 0 Å². The Bertz CT molecular complexity index is 863. The number of rotatable bonds is 6. The van der Waals surface area contributed by atoms with Gasteiger partial charge in [0, 0.05) is 31.7 Å². The molecule has 0 bridgehead atoms. The lowest BCUT2D eigenvalue weighted by molar-refractivity contribution is -0.137. The van der Waals surface area contributed by atoms with Crippen molar-refractivity contribution in [2.45, 2.75) is 51.7 Å². The number of amides is 2. The quantitative estimate of drug-likeness (QED) is 0.651. The van der Waals surface area contributed by atoms with Crippen LogP contribution in [-0.2, 0) is 15.8 Å². The molecule has 0 saturated carbocycles. The van der Waals surface area contributed by atoms with Crippen LogP contribution >= 0.6 is 0 Å². The van der Waals surface area contributed by atoms with Crippen LogP contribution in [0.1, 0.15) is 45.6 Å². The van der Waals surface area contributed by atoms with E-state index in [1.807, 2.05) is 30.6 Å². The summed E-state index contributed by atoms with van der Waals surface area (Å²) in [7, 11) is 0. The summed E-state index contributed by atoms with van der Waals surface area (Å²) in [5.41, 5.74) is -0.225. The molecule has 0 spiro atoms. The second kappa shape index (κ2) is 10.9. The molecule has 1 aromatic rings. The van der Waals surface area contributed by atoms with Gasteiger partial charge in [-0.25, -0.2) is 0 Å². The van der Waals surface area contributed by atoms with E-state index in [0.717, 1.165) is 51.0 Å². The van der Waals surface area contributed by atoms with E-state index < -0.39 is 11.7 Å². The fourth-order valence-corrected chi connectivity index (χ4v) is 4.44. The lowest BCUT2D eigenvalue weighted by atomic mass is 10.1. The summed E-state index contributed by atoms with van der Waals surface area (Å²) in [6.45, 7) is 10.4. The Morgan fingerprint density at radius 1 is 0.853 bits per heavy atom. The Morgan fingerprint density at radius 3 is 2.00 bits per heavy atom. The smallest absolute Gasteiger partial charge is 0.370 e. The van der Waals surface area contributed by atoms with Gasteiger partial charge in [0.1, 0.15) is 0 Å². The van der Waals surface area contributed by atoms with Gasteiger partial charge in [-0.2, -0.15) is 13.2 Å². The first-order valence-electron chi connectivity index (χ1n) is 11.9. The third-order valence-electron chi connectivity index (χ3n) is 5.97. The normalized spacial score (nSPS) is 18.6. The highest BCUT2D eigenvalue weighted by Crippen LogP contribution is 2.36. The van der Waals surface area contributed by atoms with Crippen molar-refractivity contribution >= 4 is 23.2 Å². The van der Waals surface area contributed by atoms with Crippen molar-refractivity contribution in [3.05, 3.63) is 23.8 Å². The third kappa shape index (κ3) is 7.87. The van der Waals surface area contributed by atoms with E-state index in [1.165, 1.54) is 6.07 Å². The van der Waals surface area contributed by atoms with E-state index in [2.05, 4.69) is 15.5 Å². The zero-order chi connectivity index (χ0) is 24.9. The molecule has 0 atom stereocenters. The first-order valence-corrected chi connectivity index (χ1v) is 11.9. The van der Waals surface area contributed by atoms with Crippen molar-refractivity contribution in [1.29, 1.82) is 0 Å². The van der Waals surface area contributed by atoms with E-state index in [9.17, 15) is 22.8 Å². The summed E-state index contributed by atoms with van der Waals surface area (Å²) in [6.07, 6.45) is -1.71. The predicted octanol–water partition coefficient (Wildman–Crippen LogP) is 3.17.